The van der Waals surface area contributed by atoms with E-state index in [2.05, 4.69) is 31.0 Å². The highest BCUT2D eigenvalue weighted by Gasteiger charge is 2.37. The molecule has 0 fully saturated rings. The number of hydrogen-bond acceptors (Lipinski definition) is 10. The molecule has 1 atom stereocenters. The number of nitrogens with zero attached hydrogens (tertiary/aromatic N) is 6. The number of methoxy groups -OCH3 is 1. The predicted molar refractivity (Wildman–Crippen MR) is 140 cm³/mol. The van der Waals surface area contributed by atoms with E-state index in [0.717, 1.165) is 24.1 Å². The molecule has 12 nitrogen and oxygen atoms in total. The van der Waals surface area contributed by atoms with Crippen LogP contribution in [0.1, 0.15) is 38.9 Å². The molecule has 0 saturated carbocycles. The molecule has 0 bridgehead atoms. The number of tetrazole rings is 1. The van der Waals surface area contributed by atoms with Crippen LogP contribution in [0, 0.1) is 0 Å². The maximum Gasteiger partial charge on any atom is 0.271 e. The van der Waals surface area contributed by atoms with E-state index in [-0.39, 0.29) is 18.6 Å². The summed E-state index contributed by atoms with van der Waals surface area (Å²) in [6, 6.07) is 15.3. The molecule has 3 heterocycles. The molecule has 198 valence electrons. The maximum absolute atomic E-state index is 12.6. The number of para-hydroxylation sites is 1. The van der Waals surface area contributed by atoms with Gasteiger partial charge in [0.05, 0.1) is 19.0 Å². The Morgan fingerprint density at radius 3 is 2.82 bits per heavy atom. The lowest BCUT2D eigenvalue weighted by Gasteiger charge is -2.34. The van der Waals surface area contributed by atoms with Gasteiger partial charge in [0.25, 0.3) is 5.91 Å². The van der Waals surface area contributed by atoms with E-state index in [1.807, 2.05) is 13.1 Å². The number of aromatic hydroxyl groups is 1. The van der Waals surface area contributed by atoms with E-state index >= 15 is 0 Å². The summed E-state index contributed by atoms with van der Waals surface area (Å²) in [6.07, 6.45) is 2.20. The van der Waals surface area contributed by atoms with E-state index in [9.17, 15) is 9.90 Å². The Balaban J connectivity index is 1.27. The number of phenolic OH excluding ortho intramolecular Hbond substituents is 1. The van der Waals surface area contributed by atoms with Crippen LogP contribution >= 0.6 is 0 Å². The Hall–Kier alpha value is -4.97. The van der Waals surface area contributed by atoms with Crippen LogP contribution in [0.4, 0.5) is 0 Å². The molecule has 0 radical (unpaired) electrons. The van der Waals surface area contributed by atoms with E-state index in [0.29, 0.717) is 39.9 Å². The van der Waals surface area contributed by atoms with Crippen LogP contribution in [0.15, 0.2) is 59.7 Å². The van der Waals surface area contributed by atoms with Crippen molar-refractivity contribution in [1.29, 1.82) is 0 Å². The Bertz CT molecular complexity index is 1570. The highest BCUT2D eigenvalue weighted by Crippen LogP contribution is 2.50. The summed E-state index contributed by atoms with van der Waals surface area (Å²) in [4.78, 5) is 14.8. The van der Waals surface area contributed by atoms with Crippen molar-refractivity contribution in [2.45, 2.75) is 12.5 Å². The van der Waals surface area contributed by atoms with Gasteiger partial charge in [-0.25, -0.2) is 5.43 Å². The molecule has 2 N–H and O–H groups in total. The van der Waals surface area contributed by atoms with E-state index in [1.54, 1.807) is 60.3 Å². The zero-order valence-corrected chi connectivity index (χ0v) is 21.2. The first-order valence-electron chi connectivity index (χ1n) is 12.2. The van der Waals surface area contributed by atoms with Gasteiger partial charge in [-0.3, -0.25) is 9.69 Å². The number of fused-ring (bicyclic) bond motifs is 2. The van der Waals surface area contributed by atoms with Crippen LogP contribution in [0.2, 0.25) is 0 Å². The van der Waals surface area contributed by atoms with Gasteiger partial charge in [-0.1, -0.05) is 12.1 Å². The molecule has 3 aromatic carbocycles. The van der Waals surface area contributed by atoms with Gasteiger partial charge in [0.2, 0.25) is 12.5 Å². The molecule has 0 saturated heterocycles. The number of carbonyl (C=O) groups excluding carboxylic acids is 1. The summed E-state index contributed by atoms with van der Waals surface area (Å²) >= 11 is 0. The van der Waals surface area contributed by atoms with Gasteiger partial charge in [-0.2, -0.15) is 9.78 Å². The van der Waals surface area contributed by atoms with Crippen molar-refractivity contribution in [3.05, 3.63) is 82.7 Å². The minimum atomic E-state index is -0.396. The first-order valence-corrected chi connectivity index (χ1v) is 12.2. The molecule has 0 spiro atoms. The second-order valence-corrected chi connectivity index (χ2v) is 9.10. The molecular formula is C27H25N7O5. The molecule has 4 aromatic rings. The summed E-state index contributed by atoms with van der Waals surface area (Å²) in [6.45, 7) is 0.931. The summed E-state index contributed by atoms with van der Waals surface area (Å²) in [5, 5.41) is 26.4. The Kier molecular flexibility index (Phi) is 6.29. The topological polar surface area (TPSA) is 136 Å². The largest absolute Gasteiger partial charge is 0.507 e. The quantitative estimate of drug-likeness (QED) is 0.286. The summed E-state index contributed by atoms with van der Waals surface area (Å²) in [5.74, 6) is 2.14. The number of benzene rings is 3. The maximum atomic E-state index is 12.6. The summed E-state index contributed by atoms with van der Waals surface area (Å²) < 4.78 is 18.8. The first-order chi connectivity index (χ1) is 19.0. The van der Waals surface area contributed by atoms with Gasteiger partial charge in [0.1, 0.15) is 11.8 Å². The zero-order chi connectivity index (χ0) is 26.9. The van der Waals surface area contributed by atoms with Gasteiger partial charge >= 0.3 is 0 Å². The molecule has 1 aromatic heterocycles. The fourth-order valence-corrected chi connectivity index (χ4v) is 4.88. The lowest BCUT2D eigenvalue weighted by atomic mass is 9.90. The molecule has 39 heavy (non-hydrogen) atoms. The Labute approximate surface area is 223 Å². The lowest BCUT2D eigenvalue weighted by molar-refractivity contribution is 0.0955. The van der Waals surface area contributed by atoms with Crippen molar-refractivity contribution in [3.63, 3.8) is 0 Å². The van der Waals surface area contributed by atoms with E-state index < -0.39 is 5.91 Å². The van der Waals surface area contributed by atoms with Crippen LogP contribution in [-0.4, -0.2) is 69.8 Å². The third kappa shape index (κ3) is 4.40. The van der Waals surface area contributed by atoms with Crippen LogP contribution in [0.5, 0.6) is 23.0 Å². The third-order valence-corrected chi connectivity index (χ3v) is 6.81. The van der Waals surface area contributed by atoms with Gasteiger partial charge in [-0.05, 0) is 71.9 Å². The molecule has 12 heteroatoms. The lowest BCUT2D eigenvalue weighted by Crippen LogP contribution is -2.35. The van der Waals surface area contributed by atoms with Gasteiger partial charge in [0, 0.05) is 23.2 Å². The van der Waals surface area contributed by atoms with Crippen molar-refractivity contribution >= 4 is 12.1 Å². The first kappa shape index (κ1) is 24.4. The second kappa shape index (κ2) is 10.1. The van der Waals surface area contributed by atoms with Gasteiger partial charge < -0.3 is 19.3 Å². The average molecular weight is 528 g/mol. The molecule has 1 amide bonds. The van der Waals surface area contributed by atoms with Crippen LogP contribution in [0.3, 0.4) is 0 Å². The number of hydrogen-bond donors (Lipinski definition) is 2. The molecule has 2 aliphatic rings. The number of likely N-dealkylation sites (N-methyl/N-ethyl adjacent to an activating group) is 1. The highest BCUT2D eigenvalue weighted by molar-refractivity contribution is 5.95. The number of phenols is 1. The molecule has 0 aliphatic carbocycles. The molecule has 0 unspecified atom stereocenters. The smallest absolute Gasteiger partial charge is 0.271 e. The number of amides is 1. The standard InChI is InChI=1S/C27H25N7O5/c1-33-12-11-17-13-21-24(39-15-38-21)25(37-2)22(17)23(33)26-29-31-32-34(26)19-9-7-16(8-10-19)27(36)30-28-14-18-5-3-4-6-20(18)35/h3-10,13-14,23,35H,11-12,15H2,1-2H3,(H,30,36)/b28-14-/t23-/m0/s1. The van der Waals surface area contributed by atoms with Gasteiger partial charge in [0.15, 0.2) is 17.3 Å². The molecular weight excluding hydrogens is 502 g/mol. The summed E-state index contributed by atoms with van der Waals surface area (Å²) in [7, 11) is 3.63. The van der Waals surface area contributed by atoms with Crippen LogP contribution in [0.25, 0.3) is 5.69 Å². The number of hydrazone groups is 1. The number of aromatic nitrogens is 4. The van der Waals surface area contributed by atoms with Crippen molar-refractivity contribution in [2.75, 3.05) is 27.5 Å². The number of rotatable bonds is 6. The fraction of sp³-hybridized carbons (Fsp3) is 0.222. The second-order valence-electron chi connectivity index (χ2n) is 9.10. The van der Waals surface area contributed by atoms with Crippen molar-refractivity contribution < 1.29 is 24.1 Å². The van der Waals surface area contributed by atoms with Gasteiger partial charge in [-0.15, -0.1) is 5.10 Å². The van der Waals surface area contributed by atoms with E-state index in [1.165, 1.54) is 6.21 Å². The Morgan fingerprint density at radius 1 is 1.21 bits per heavy atom. The van der Waals surface area contributed by atoms with Crippen molar-refractivity contribution in [3.8, 4) is 28.7 Å². The van der Waals surface area contributed by atoms with Crippen LogP contribution < -0.4 is 19.6 Å². The van der Waals surface area contributed by atoms with Crippen molar-refractivity contribution in [2.24, 2.45) is 5.10 Å². The van der Waals surface area contributed by atoms with E-state index in [4.69, 9.17) is 14.2 Å². The molecule has 6 rings (SSSR count). The normalized spacial score (nSPS) is 16.3. The predicted octanol–water partition coefficient (Wildman–Crippen LogP) is 2.45. The minimum absolute atomic E-state index is 0.0752. The third-order valence-electron chi connectivity index (χ3n) is 6.81. The number of ether oxygens (including phenoxy) is 3. The highest BCUT2D eigenvalue weighted by atomic mass is 16.7. The zero-order valence-electron chi connectivity index (χ0n) is 21.2. The Morgan fingerprint density at radius 2 is 2.03 bits per heavy atom. The monoisotopic (exact) mass is 527 g/mol. The summed E-state index contributed by atoms with van der Waals surface area (Å²) in [5.41, 5.74) is 6.07. The number of carbonyl (C=O) groups is 1. The average Bonchev–Trinajstić information content (AvgIpc) is 3.63. The molecule has 2 aliphatic heterocycles. The SMILES string of the molecule is COc1c2c(cc3c1[C@@H](c1nnnn1-c1ccc(C(=O)N/N=C\c4ccccc4O)cc1)N(C)CC3)OCO2. The fourth-order valence-electron chi connectivity index (χ4n) is 4.88. The minimum Gasteiger partial charge on any atom is -0.507 e. The van der Waals surface area contributed by atoms with Crippen LogP contribution in [-0.2, 0) is 6.42 Å². The number of nitrogens with one attached hydrogen (secondary N) is 1. The van der Waals surface area contributed by atoms with Crippen molar-refractivity contribution in [1.82, 2.24) is 30.5 Å².